The summed E-state index contributed by atoms with van der Waals surface area (Å²) in [6.45, 7) is 0. The van der Waals surface area contributed by atoms with Crippen LogP contribution in [0, 0.1) is 29.1 Å². The number of rotatable bonds is 4. The standard InChI is InChI=1S/C18H10F5NO3S/c19-11-12(20)14(22)16(15(23)13(11)21)27-18(26)9-6-8-2-1-7(3-4-28)5-10(8)24-17(9)25/h1-2,5-6,28H,3-4H2,(H,24,25). The number of thiol groups is 1. The summed E-state index contributed by atoms with van der Waals surface area (Å²) in [5, 5.41) is 0.395. The average molecular weight is 415 g/mol. The summed E-state index contributed by atoms with van der Waals surface area (Å²) in [7, 11) is 0. The Morgan fingerprint density at radius 1 is 0.964 bits per heavy atom. The van der Waals surface area contributed by atoms with Gasteiger partial charge in [-0.15, -0.1) is 0 Å². The topological polar surface area (TPSA) is 59.2 Å². The van der Waals surface area contributed by atoms with Gasteiger partial charge in [-0.2, -0.15) is 21.4 Å². The number of halogens is 5. The van der Waals surface area contributed by atoms with Gasteiger partial charge in [-0.25, -0.2) is 18.0 Å². The van der Waals surface area contributed by atoms with Gasteiger partial charge in [0, 0.05) is 5.52 Å². The lowest BCUT2D eigenvalue weighted by Gasteiger charge is -2.09. The highest BCUT2D eigenvalue weighted by Crippen LogP contribution is 2.29. The molecule has 1 N–H and O–H groups in total. The van der Waals surface area contributed by atoms with Gasteiger partial charge in [0.1, 0.15) is 5.56 Å². The smallest absolute Gasteiger partial charge is 0.349 e. The van der Waals surface area contributed by atoms with Crippen LogP contribution in [0.5, 0.6) is 5.75 Å². The third kappa shape index (κ3) is 3.47. The first kappa shape index (κ1) is 19.9. The normalized spacial score (nSPS) is 11.1. The molecule has 0 aliphatic rings. The first-order chi connectivity index (χ1) is 13.2. The molecule has 0 amide bonds. The molecule has 1 heterocycles. The Kier molecular flexibility index (Phi) is 5.41. The number of aromatic nitrogens is 1. The van der Waals surface area contributed by atoms with Crippen molar-refractivity contribution in [1.29, 1.82) is 0 Å². The van der Waals surface area contributed by atoms with E-state index in [1.165, 1.54) is 0 Å². The van der Waals surface area contributed by atoms with E-state index in [-0.39, 0.29) is 0 Å². The second kappa shape index (κ2) is 7.63. The molecule has 4 nitrogen and oxygen atoms in total. The molecule has 0 aliphatic heterocycles. The number of aromatic amines is 1. The van der Waals surface area contributed by atoms with Crippen LogP contribution in [-0.4, -0.2) is 16.7 Å². The molecule has 0 fully saturated rings. The van der Waals surface area contributed by atoms with E-state index in [2.05, 4.69) is 22.3 Å². The maximum absolute atomic E-state index is 13.7. The van der Waals surface area contributed by atoms with Gasteiger partial charge in [-0.3, -0.25) is 4.79 Å². The summed E-state index contributed by atoms with van der Waals surface area (Å²) in [5.74, 6) is -14.4. The van der Waals surface area contributed by atoms with E-state index in [1.54, 1.807) is 18.2 Å². The molecular weight excluding hydrogens is 405 g/mol. The molecule has 0 bridgehead atoms. The summed E-state index contributed by atoms with van der Waals surface area (Å²) in [6.07, 6.45) is 0.630. The fourth-order valence-corrected chi connectivity index (χ4v) is 2.76. The van der Waals surface area contributed by atoms with Crippen molar-refractivity contribution in [3.8, 4) is 5.75 Å². The van der Waals surface area contributed by atoms with Crippen LogP contribution in [-0.2, 0) is 6.42 Å². The zero-order chi connectivity index (χ0) is 20.6. The van der Waals surface area contributed by atoms with Crippen molar-refractivity contribution in [3.05, 3.63) is 74.8 Å². The van der Waals surface area contributed by atoms with Gasteiger partial charge in [0.25, 0.3) is 5.56 Å². The van der Waals surface area contributed by atoms with E-state index in [9.17, 15) is 31.5 Å². The minimum atomic E-state index is -2.39. The Balaban J connectivity index is 2.02. The van der Waals surface area contributed by atoms with Crippen LogP contribution in [0.15, 0.2) is 29.1 Å². The monoisotopic (exact) mass is 415 g/mol. The van der Waals surface area contributed by atoms with E-state index in [0.717, 1.165) is 11.6 Å². The second-order valence-electron chi connectivity index (χ2n) is 5.70. The molecule has 0 aliphatic carbocycles. The molecule has 3 rings (SSSR count). The van der Waals surface area contributed by atoms with E-state index in [0.29, 0.717) is 23.1 Å². The number of esters is 1. The van der Waals surface area contributed by atoms with E-state index < -0.39 is 51.9 Å². The third-order valence-corrected chi connectivity index (χ3v) is 4.12. The lowest BCUT2D eigenvalue weighted by molar-refractivity contribution is 0.0714. The summed E-state index contributed by atoms with van der Waals surface area (Å²) >= 11 is 4.10. The van der Waals surface area contributed by atoms with Crippen molar-refractivity contribution in [2.24, 2.45) is 0 Å². The van der Waals surface area contributed by atoms with Gasteiger partial charge in [0.15, 0.2) is 0 Å². The van der Waals surface area contributed by atoms with E-state index >= 15 is 0 Å². The number of ether oxygens (including phenoxy) is 1. The molecular formula is C18H10F5NO3S. The van der Waals surface area contributed by atoms with Gasteiger partial charge < -0.3 is 9.72 Å². The minimum Gasteiger partial charge on any atom is -0.416 e. The number of benzene rings is 2. The van der Waals surface area contributed by atoms with Crippen molar-refractivity contribution < 1.29 is 31.5 Å². The molecule has 0 radical (unpaired) electrons. The summed E-state index contributed by atoms with van der Waals surface area (Å²) in [5.41, 5.74) is -0.366. The molecule has 0 saturated heterocycles. The molecule has 0 atom stereocenters. The second-order valence-corrected chi connectivity index (χ2v) is 6.14. The highest BCUT2D eigenvalue weighted by molar-refractivity contribution is 7.80. The Morgan fingerprint density at radius 2 is 1.57 bits per heavy atom. The Morgan fingerprint density at radius 3 is 2.18 bits per heavy atom. The Bertz CT molecular complexity index is 1130. The largest absolute Gasteiger partial charge is 0.416 e. The number of carbonyl (C=O) groups excluding carboxylic acids is 1. The molecule has 0 saturated carbocycles. The van der Waals surface area contributed by atoms with Gasteiger partial charge in [0.05, 0.1) is 0 Å². The zero-order valence-corrected chi connectivity index (χ0v) is 14.7. The summed E-state index contributed by atoms with van der Waals surface area (Å²) in [6, 6.07) is 6.05. The quantitative estimate of drug-likeness (QED) is 0.170. The van der Waals surface area contributed by atoms with Gasteiger partial charge in [-0.05, 0) is 35.3 Å². The first-order valence-electron chi connectivity index (χ1n) is 7.75. The van der Waals surface area contributed by atoms with Gasteiger partial charge in [-0.1, -0.05) is 12.1 Å². The number of nitrogens with one attached hydrogen (secondary N) is 1. The van der Waals surface area contributed by atoms with Crippen LogP contribution in [0.25, 0.3) is 10.9 Å². The Labute approximate surface area is 159 Å². The van der Waals surface area contributed by atoms with Gasteiger partial charge in [0.2, 0.25) is 34.8 Å². The maximum Gasteiger partial charge on any atom is 0.349 e. The van der Waals surface area contributed by atoms with Crippen LogP contribution in [0.2, 0.25) is 0 Å². The SMILES string of the molecule is O=C(Oc1c(F)c(F)c(F)c(F)c1F)c1cc2ccc(CCS)cc2[nH]c1=O. The molecule has 0 spiro atoms. The van der Waals surface area contributed by atoms with E-state index in [1.807, 2.05) is 0 Å². The summed E-state index contributed by atoms with van der Waals surface area (Å²) < 4.78 is 71.1. The number of fused-ring (bicyclic) bond motifs is 1. The Hall–Kier alpha value is -2.88. The molecule has 1 aromatic heterocycles. The predicted octanol–water partition coefficient (Wildman–Crippen LogP) is 3.92. The minimum absolute atomic E-state index is 0.386. The van der Waals surface area contributed by atoms with Crippen LogP contribution >= 0.6 is 12.6 Å². The maximum atomic E-state index is 13.7. The van der Waals surface area contributed by atoms with Crippen LogP contribution in [0.4, 0.5) is 22.0 Å². The number of H-pyrrole nitrogens is 1. The molecule has 28 heavy (non-hydrogen) atoms. The number of hydrogen-bond donors (Lipinski definition) is 2. The highest BCUT2D eigenvalue weighted by atomic mass is 32.1. The third-order valence-electron chi connectivity index (χ3n) is 3.90. The van der Waals surface area contributed by atoms with Crippen LogP contribution in [0.3, 0.4) is 0 Å². The van der Waals surface area contributed by atoms with Crippen molar-refractivity contribution in [3.63, 3.8) is 0 Å². The predicted molar refractivity (Wildman–Crippen MR) is 93.3 cm³/mol. The van der Waals surface area contributed by atoms with E-state index in [4.69, 9.17) is 0 Å². The summed E-state index contributed by atoms with van der Waals surface area (Å²) in [4.78, 5) is 26.7. The number of carbonyl (C=O) groups is 1. The van der Waals surface area contributed by atoms with Crippen molar-refractivity contribution in [2.45, 2.75) is 6.42 Å². The molecule has 3 aromatic rings. The molecule has 10 heteroatoms. The van der Waals surface area contributed by atoms with Crippen molar-refractivity contribution in [1.82, 2.24) is 4.98 Å². The first-order valence-corrected chi connectivity index (χ1v) is 8.38. The van der Waals surface area contributed by atoms with Crippen LogP contribution < -0.4 is 10.3 Å². The molecule has 0 unspecified atom stereocenters. The number of aryl methyl sites for hydroxylation is 1. The average Bonchev–Trinajstić information content (AvgIpc) is 2.67. The van der Waals surface area contributed by atoms with Crippen LogP contribution in [0.1, 0.15) is 15.9 Å². The number of hydrogen-bond acceptors (Lipinski definition) is 4. The lowest BCUT2D eigenvalue weighted by atomic mass is 10.1. The number of pyridine rings is 1. The van der Waals surface area contributed by atoms with Gasteiger partial charge >= 0.3 is 5.97 Å². The molecule has 2 aromatic carbocycles. The van der Waals surface area contributed by atoms with Crippen molar-refractivity contribution >= 4 is 29.5 Å². The lowest BCUT2D eigenvalue weighted by Crippen LogP contribution is -2.22. The highest BCUT2D eigenvalue weighted by Gasteiger charge is 2.29. The fourth-order valence-electron chi connectivity index (χ4n) is 2.51. The fraction of sp³-hybridized carbons (Fsp3) is 0.111. The molecule has 146 valence electrons. The zero-order valence-electron chi connectivity index (χ0n) is 13.8. The van der Waals surface area contributed by atoms with Crippen molar-refractivity contribution in [2.75, 3.05) is 5.75 Å².